The molecule has 0 fully saturated rings. The summed E-state index contributed by atoms with van der Waals surface area (Å²) in [6, 6.07) is 22.4. The summed E-state index contributed by atoms with van der Waals surface area (Å²) in [5, 5.41) is 0. The maximum atomic E-state index is 4.78. The molecule has 0 spiro atoms. The normalized spacial score (nSPS) is 11.4. The SMILES string of the molecule is Cc1cccnc1-n1c(C=Cc2ccccc2)nc2ccccc21. The zero-order valence-electron chi connectivity index (χ0n) is 13.4. The molecule has 0 aliphatic carbocycles. The van der Waals surface area contributed by atoms with Crippen molar-refractivity contribution in [3.05, 3.63) is 89.9 Å². The maximum Gasteiger partial charge on any atom is 0.141 e. The van der Waals surface area contributed by atoms with Gasteiger partial charge in [0.2, 0.25) is 0 Å². The Kier molecular flexibility index (Phi) is 3.67. The van der Waals surface area contributed by atoms with Gasteiger partial charge in [0, 0.05) is 6.20 Å². The Labute approximate surface area is 140 Å². The monoisotopic (exact) mass is 311 g/mol. The first-order valence-corrected chi connectivity index (χ1v) is 7.95. The van der Waals surface area contributed by atoms with Crippen molar-refractivity contribution in [1.82, 2.24) is 14.5 Å². The number of fused-ring (bicyclic) bond motifs is 1. The fourth-order valence-electron chi connectivity index (χ4n) is 2.83. The molecule has 4 aromatic rings. The van der Waals surface area contributed by atoms with Gasteiger partial charge >= 0.3 is 0 Å². The van der Waals surface area contributed by atoms with Crippen LogP contribution in [-0.2, 0) is 0 Å². The number of hydrogen-bond donors (Lipinski definition) is 0. The van der Waals surface area contributed by atoms with Crippen LogP contribution in [0, 0.1) is 6.92 Å². The summed E-state index contributed by atoms with van der Waals surface area (Å²) < 4.78 is 2.12. The van der Waals surface area contributed by atoms with E-state index in [-0.39, 0.29) is 0 Å². The molecule has 24 heavy (non-hydrogen) atoms. The van der Waals surface area contributed by atoms with Crippen molar-refractivity contribution in [3.8, 4) is 5.82 Å². The Morgan fingerprint density at radius 2 is 1.62 bits per heavy atom. The van der Waals surface area contributed by atoms with Gasteiger partial charge in [0.25, 0.3) is 0 Å². The molecule has 116 valence electrons. The first-order chi connectivity index (χ1) is 11.8. The van der Waals surface area contributed by atoms with Gasteiger partial charge in [-0.15, -0.1) is 0 Å². The Bertz CT molecular complexity index is 1010. The molecule has 0 saturated heterocycles. The summed E-state index contributed by atoms with van der Waals surface area (Å²) >= 11 is 0. The molecule has 0 amide bonds. The lowest BCUT2D eigenvalue weighted by atomic mass is 10.2. The molecule has 0 aliphatic heterocycles. The molecule has 0 radical (unpaired) electrons. The summed E-state index contributed by atoms with van der Waals surface area (Å²) in [6.45, 7) is 2.07. The van der Waals surface area contributed by atoms with Crippen LogP contribution in [0.25, 0.3) is 29.0 Å². The molecular weight excluding hydrogens is 294 g/mol. The molecule has 2 heterocycles. The summed E-state index contributed by atoms with van der Waals surface area (Å²) in [6.07, 6.45) is 5.95. The number of rotatable bonds is 3. The Morgan fingerprint density at radius 3 is 2.46 bits per heavy atom. The van der Waals surface area contributed by atoms with Gasteiger partial charge in [-0.2, -0.15) is 0 Å². The minimum absolute atomic E-state index is 0.877. The number of benzene rings is 2. The predicted octanol–water partition coefficient (Wildman–Crippen LogP) is 4.90. The average Bonchev–Trinajstić information content (AvgIpc) is 2.99. The van der Waals surface area contributed by atoms with E-state index in [4.69, 9.17) is 4.98 Å². The van der Waals surface area contributed by atoms with Crippen LogP contribution in [0.1, 0.15) is 17.0 Å². The Morgan fingerprint density at radius 1 is 0.833 bits per heavy atom. The van der Waals surface area contributed by atoms with E-state index in [9.17, 15) is 0 Å². The van der Waals surface area contributed by atoms with E-state index in [2.05, 4.69) is 46.8 Å². The third kappa shape index (κ3) is 2.61. The molecule has 0 N–H and O–H groups in total. The number of aryl methyl sites for hydroxylation is 1. The summed E-state index contributed by atoms with van der Waals surface area (Å²) in [5.41, 5.74) is 4.30. The van der Waals surface area contributed by atoms with Gasteiger partial charge in [-0.3, -0.25) is 4.57 Å². The van der Waals surface area contributed by atoms with Crippen LogP contribution in [0.15, 0.2) is 72.9 Å². The lowest BCUT2D eigenvalue weighted by molar-refractivity contribution is 0.987. The first-order valence-electron chi connectivity index (χ1n) is 7.95. The van der Waals surface area contributed by atoms with Crippen molar-refractivity contribution in [2.75, 3.05) is 0 Å². The number of hydrogen-bond acceptors (Lipinski definition) is 2. The maximum absolute atomic E-state index is 4.78. The van der Waals surface area contributed by atoms with Gasteiger partial charge in [-0.05, 0) is 42.3 Å². The minimum Gasteiger partial charge on any atom is -0.277 e. The van der Waals surface area contributed by atoms with Crippen LogP contribution >= 0.6 is 0 Å². The van der Waals surface area contributed by atoms with E-state index < -0.39 is 0 Å². The third-order valence-corrected chi connectivity index (χ3v) is 4.00. The van der Waals surface area contributed by atoms with Crippen molar-refractivity contribution in [2.24, 2.45) is 0 Å². The van der Waals surface area contributed by atoms with Gasteiger partial charge in [0.1, 0.15) is 11.6 Å². The largest absolute Gasteiger partial charge is 0.277 e. The first kappa shape index (κ1) is 14.4. The van der Waals surface area contributed by atoms with Crippen molar-refractivity contribution in [2.45, 2.75) is 6.92 Å². The third-order valence-electron chi connectivity index (χ3n) is 4.00. The molecule has 0 aliphatic rings. The Hall–Kier alpha value is -3.20. The standard InChI is InChI=1S/C21H17N3/c1-16-8-7-15-22-21(16)24-19-12-6-5-11-18(19)23-20(24)14-13-17-9-3-2-4-10-17/h2-15H,1H3. The lowest BCUT2D eigenvalue weighted by Gasteiger charge is -2.08. The van der Waals surface area contributed by atoms with E-state index >= 15 is 0 Å². The van der Waals surface area contributed by atoms with E-state index in [1.807, 2.05) is 54.7 Å². The summed E-state index contributed by atoms with van der Waals surface area (Å²) in [4.78, 5) is 9.36. The van der Waals surface area contributed by atoms with Crippen molar-refractivity contribution < 1.29 is 0 Å². The number of aromatic nitrogens is 3. The van der Waals surface area contributed by atoms with Crippen molar-refractivity contribution in [3.63, 3.8) is 0 Å². The fraction of sp³-hybridized carbons (Fsp3) is 0.0476. The molecule has 3 heteroatoms. The molecule has 3 nitrogen and oxygen atoms in total. The van der Waals surface area contributed by atoms with Crippen LogP contribution in [0.4, 0.5) is 0 Å². The minimum atomic E-state index is 0.877. The second-order valence-electron chi connectivity index (χ2n) is 5.68. The van der Waals surface area contributed by atoms with Crippen LogP contribution in [0.2, 0.25) is 0 Å². The van der Waals surface area contributed by atoms with Crippen LogP contribution in [0.5, 0.6) is 0 Å². The smallest absolute Gasteiger partial charge is 0.141 e. The van der Waals surface area contributed by atoms with E-state index in [0.717, 1.165) is 33.8 Å². The molecule has 2 aromatic carbocycles. The second-order valence-corrected chi connectivity index (χ2v) is 5.68. The van der Waals surface area contributed by atoms with Gasteiger partial charge in [0.15, 0.2) is 0 Å². The fourth-order valence-corrected chi connectivity index (χ4v) is 2.83. The van der Waals surface area contributed by atoms with E-state index in [0.29, 0.717) is 0 Å². The predicted molar refractivity (Wildman–Crippen MR) is 99.0 cm³/mol. The van der Waals surface area contributed by atoms with Gasteiger partial charge in [0.05, 0.1) is 11.0 Å². The molecule has 0 saturated carbocycles. The number of imidazole rings is 1. The van der Waals surface area contributed by atoms with Crippen LogP contribution in [0.3, 0.4) is 0 Å². The molecular formula is C21H17N3. The van der Waals surface area contributed by atoms with Gasteiger partial charge < -0.3 is 0 Å². The second kappa shape index (κ2) is 6.13. The van der Waals surface area contributed by atoms with E-state index in [1.54, 1.807) is 0 Å². The highest BCUT2D eigenvalue weighted by atomic mass is 15.1. The van der Waals surface area contributed by atoms with Gasteiger partial charge in [-0.1, -0.05) is 54.6 Å². The zero-order valence-corrected chi connectivity index (χ0v) is 13.4. The molecule has 4 rings (SSSR count). The summed E-state index contributed by atoms with van der Waals surface area (Å²) in [7, 11) is 0. The van der Waals surface area contributed by atoms with Crippen molar-refractivity contribution >= 4 is 23.2 Å². The van der Waals surface area contributed by atoms with E-state index in [1.165, 1.54) is 0 Å². The average molecular weight is 311 g/mol. The highest BCUT2D eigenvalue weighted by molar-refractivity contribution is 5.82. The number of para-hydroxylation sites is 2. The quantitative estimate of drug-likeness (QED) is 0.539. The topological polar surface area (TPSA) is 30.7 Å². The highest BCUT2D eigenvalue weighted by Gasteiger charge is 2.12. The van der Waals surface area contributed by atoms with Crippen LogP contribution < -0.4 is 0 Å². The molecule has 0 atom stereocenters. The number of nitrogens with zero attached hydrogens (tertiary/aromatic N) is 3. The number of pyridine rings is 1. The lowest BCUT2D eigenvalue weighted by Crippen LogP contribution is -2.02. The Balaban J connectivity index is 1.91. The van der Waals surface area contributed by atoms with Gasteiger partial charge in [-0.25, -0.2) is 9.97 Å². The molecule has 0 bridgehead atoms. The van der Waals surface area contributed by atoms with Crippen LogP contribution in [-0.4, -0.2) is 14.5 Å². The molecule has 0 unspecified atom stereocenters. The molecule has 2 aromatic heterocycles. The zero-order chi connectivity index (χ0) is 16.4. The summed E-state index contributed by atoms with van der Waals surface area (Å²) in [5.74, 6) is 1.79. The highest BCUT2D eigenvalue weighted by Crippen LogP contribution is 2.23. The van der Waals surface area contributed by atoms with Crippen molar-refractivity contribution in [1.29, 1.82) is 0 Å².